The third-order valence-corrected chi connectivity index (χ3v) is 4.42. The van der Waals surface area contributed by atoms with E-state index in [9.17, 15) is 4.79 Å². The second-order valence-corrected chi connectivity index (χ2v) is 7.16. The van der Waals surface area contributed by atoms with Crippen molar-refractivity contribution in [1.29, 1.82) is 0 Å². The van der Waals surface area contributed by atoms with Gasteiger partial charge in [-0.2, -0.15) is 0 Å². The number of likely N-dealkylation sites (tertiary alicyclic amines) is 1. The minimum atomic E-state index is -0.200. The first kappa shape index (κ1) is 15.2. The van der Waals surface area contributed by atoms with Gasteiger partial charge in [-0.05, 0) is 38.7 Å². The van der Waals surface area contributed by atoms with Crippen molar-refractivity contribution in [2.24, 2.45) is 5.92 Å². The summed E-state index contributed by atoms with van der Waals surface area (Å²) in [6.45, 7) is 8.11. The number of hydrogen-bond acceptors (Lipinski definition) is 3. The third kappa shape index (κ3) is 3.21. The molecule has 1 amide bonds. The van der Waals surface area contributed by atoms with E-state index in [1.54, 1.807) is 0 Å². The average Bonchev–Trinajstić information content (AvgIpc) is 2.79. The van der Waals surface area contributed by atoms with Gasteiger partial charge in [-0.25, -0.2) is 0 Å². The molecule has 120 valence electrons. The fourth-order valence-electron chi connectivity index (χ4n) is 3.35. The number of carbonyl (C=O) groups is 1. The molecule has 0 aliphatic carbocycles. The van der Waals surface area contributed by atoms with Crippen LogP contribution in [-0.4, -0.2) is 36.1 Å². The summed E-state index contributed by atoms with van der Waals surface area (Å²) in [5.74, 6) is 2.14. The smallest absolute Gasteiger partial charge is 0.260 e. The number of rotatable bonds is 3. The molecule has 0 radical (unpaired) electrons. The molecule has 2 aliphatic heterocycles. The van der Waals surface area contributed by atoms with Crippen molar-refractivity contribution in [3.8, 4) is 11.5 Å². The maximum Gasteiger partial charge on any atom is 0.260 e. The second-order valence-electron chi connectivity index (χ2n) is 7.16. The van der Waals surface area contributed by atoms with Crippen LogP contribution < -0.4 is 9.47 Å². The lowest BCUT2D eigenvalue weighted by atomic mass is 10.0. The summed E-state index contributed by atoms with van der Waals surface area (Å²) in [6.07, 6.45) is 3.17. The first-order chi connectivity index (χ1) is 10.4. The maximum atomic E-state index is 12.3. The first-order valence-corrected chi connectivity index (χ1v) is 8.16. The topological polar surface area (TPSA) is 38.8 Å². The number of piperidine rings is 1. The van der Waals surface area contributed by atoms with Crippen molar-refractivity contribution in [1.82, 2.24) is 4.90 Å². The molecule has 3 rings (SSSR count). The quantitative estimate of drug-likeness (QED) is 0.861. The first-order valence-electron chi connectivity index (χ1n) is 8.16. The van der Waals surface area contributed by atoms with Crippen LogP contribution in [0.15, 0.2) is 18.2 Å². The van der Waals surface area contributed by atoms with Crippen molar-refractivity contribution >= 4 is 5.91 Å². The van der Waals surface area contributed by atoms with Gasteiger partial charge in [-0.1, -0.05) is 19.1 Å². The molecule has 0 spiro atoms. The van der Waals surface area contributed by atoms with Crippen LogP contribution in [0.2, 0.25) is 0 Å². The number of para-hydroxylation sites is 1. The van der Waals surface area contributed by atoms with Gasteiger partial charge in [0.15, 0.2) is 18.1 Å². The van der Waals surface area contributed by atoms with Gasteiger partial charge in [0, 0.05) is 25.1 Å². The van der Waals surface area contributed by atoms with Crippen LogP contribution in [0.1, 0.15) is 39.2 Å². The third-order valence-electron chi connectivity index (χ3n) is 4.42. The van der Waals surface area contributed by atoms with Gasteiger partial charge in [-0.15, -0.1) is 0 Å². The number of hydrogen-bond donors (Lipinski definition) is 0. The van der Waals surface area contributed by atoms with Gasteiger partial charge >= 0.3 is 0 Å². The predicted octanol–water partition coefficient (Wildman–Crippen LogP) is 3.04. The molecule has 1 saturated heterocycles. The number of amides is 1. The fraction of sp³-hybridized carbons (Fsp3) is 0.611. The second kappa shape index (κ2) is 5.82. The van der Waals surface area contributed by atoms with E-state index in [0.717, 1.165) is 37.2 Å². The zero-order valence-corrected chi connectivity index (χ0v) is 13.7. The summed E-state index contributed by atoms with van der Waals surface area (Å²) in [6, 6.07) is 5.91. The van der Waals surface area contributed by atoms with Crippen molar-refractivity contribution in [3.63, 3.8) is 0 Å². The molecule has 0 unspecified atom stereocenters. The van der Waals surface area contributed by atoms with E-state index in [1.165, 1.54) is 6.42 Å². The van der Waals surface area contributed by atoms with Gasteiger partial charge in [0.05, 0.1) is 0 Å². The molecule has 1 atom stereocenters. The van der Waals surface area contributed by atoms with E-state index >= 15 is 0 Å². The molecule has 1 aromatic carbocycles. The fourth-order valence-corrected chi connectivity index (χ4v) is 3.35. The van der Waals surface area contributed by atoms with E-state index in [-0.39, 0.29) is 18.1 Å². The summed E-state index contributed by atoms with van der Waals surface area (Å²) < 4.78 is 11.7. The highest BCUT2D eigenvalue weighted by atomic mass is 16.5. The summed E-state index contributed by atoms with van der Waals surface area (Å²) in [5.41, 5.74) is 0.954. The molecule has 4 heteroatoms. The molecule has 22 heavy (non-hydrogen) atoms. The lowest BCUT2D eigenvalue weighted by molar-refractivity contribution is -0.135. The Hall–Kier alpha value is -1.71. The Kier molecular flexibility index (Phi) is 4.02. The van der Waals surface area contributed by atoms with Crippen LogP contribution >= 0.6 is 0 Å². The highest BCUT2D eigenvalue weighted by molar-refractivity contribution is 5.78. The Labute approximate surface area is 132 Å². The number of fused-ring (bicyclic) bond motifs is 1. The van der Waals surface area contributed by atoms with E-state index in [4.69, 9.17) is 9.47 Å². The SMILES string of the molecule is C[C@H]1CCCN(C(=O)COc2cccc3c2OC(C)(C)C3)C1. The van der Waals surface area contributed by atoms with E-state index < -0.39 is 0 Å². The zero-order chi connectivity index (χ0) is 15.7. The molecule has 0 N–H and O–H groups in total. The van der Waals surface area contributed by atoms with Crippen molar-refractivity contribution in [3.05, 3.63) is 23.8 Å². The Bertz CT molecular complexity index is 567. The normalized spacial score (nSPS) is 22.9. The number of benzene rings is 1. The van der Waals surface area contributed by atoms with Crippen LogP contribution in [0.4, 0.5) is 0 Å². The molecule has 2 aliphatic rings. The summed E-state index contributed by atoms with van der Waals surface area (Å²) in [7, 11) is 0. The number of ether oxygens (including phenoxy) is 2. The molecule has 1 fully saturated rings. The molecule has 2 heterocycles. The van der Waals surface area contributed by atoms with Crippen LogP contribution in [0.3, 0.4) is 0 Å². The van der Waals surface area contributed by atoms with Gasteiger partial charge < -0.3 is 14.4 Å². The summed E-state index contributed by atoms with van der Waals surface area (Å²) >= 11 is 0. The van der Waals surface area contributed by atoms with E-state index in [2.05, 4.69) is 26.8 Å². The Morgan fingerprint density at radius 2 is 2.27 bits per heavy atom. The molecule has 4 nitrogen and oxygen atoms in total. The highest BCUT2D eigenvalue weighted by Crippen LogP contribution is 2.41. The summed E-state index contributed by atoms with van der Waals surface area (Å²) in [4.78, 5) is 14.2. The van der Waals surface area contributed by atoms with Crippen LogP contribution in [-0.2, 0) is 11.2 Å². The number of nitrogens with zero attached hydrogens (tertiary/aromatic N) is 1. The van der Waals surface area contributed by atoms with Gasteiger partial charge in [-0.3, -0.25) is 4.79 Å². The Morgan fingerprint density at radius 1 is 1.45 bits per heavy atom. The monoisotopic (exact) mass is 303 g/mol. The number of carbonyl (C=O) groups excluding carboxylic acids is 1. The molecule has 0 saturated carbocycles. The minimum absolute atomic E-state index is 0.0708. The van der Waals surface area contributed by atoms with Gasteiger partial charge in [0.1, 0.15) is 5.60 Å². The molecular weight excluding hydrogens is 278 g/mol. The Balaban J connectivity index is 1.63. The van der Waals surface area contributed by atoms with E-state index in [1.807, 2.05) is 17.0 Å². The average molecular weight is 303 g/mol. The Morgan fingerprint density at radius 3 is 3.05 bits per heavy atom. The van der Waals surface area contributed by atoms with Crippen LogP contribution in [0.25, 0.3) is 0 Å². The molecule has 0 aromatic heterocycles. The zero-order valence-electron chi connectivity index (χ0n) is 13.7. The maximum absolute atomic E-state index is 12.3. The largest absolute Gasteiger partial charge is 0.483 e. The predicted molar refractivity (Wildman–Crippen MR) is 85.3 cm³/mol. The standard InChI is InChI=1S/C18H25NO3/c1-13-6-5-9-19(11-13)16(20)12-21-15-8-4-7-14-10-18(2,3)22-17(14)15/h4,7-8,13H,5-6,9-12H2,1-3H3/t13-/m0/s1. The molecule has 0 bridgehead atoms. The summed E-state index contributed by atoms with van der Waals surface area (Å²) in [5, 5.41) is 0. The lowest BCUT2D eigenvalue weighted by Gasteiger charge is -2.30. The van der Waals surface area contributed by atoms with Crippen LogP contribution in [0, 0.1) is 5.92 Å². The minimum Gasteiger partial charge on any atom is -0.483 e. The molecular formula is C18H25NO3. The van der Waals surface area contributed by atoms with Crippen molar-refractivity contribution in [2.45, 2.75) is 45.6 Å². The highest BCUT2D eigenvalue weighted by Gasteiger charge is 2.32. The van der Waals surface area contributed by atoms with Crippen molar-refractivity contribution < 1.29 is 14.3 Å². The molecule has 1 aromatic rings. The lowest BCUT2D eigenvalue weighted by Crippen LogP contribution is -2.41. The van der Waals surface area contributed by atoms with E-state index in [0.29, 0.717) is 11.7 Å². The van der Waals surface area contributed by atoms with Gasteiger partial charge in [0.25, 0.3) is 5.91 Å². The van der Waals surface area contributed by atoms with Crippen LogP contribution in [0.5, 0.6) is 11.5 Å². The van der Waals surface area contributed by atoms with Crippen molar-refractivity contribution in [2.75, 3.05) is 19.7 Å². The van der Waals surface area contributed by atoms with Gasteiger partial charge in [0.2, 0.25) is 0 Å².